The van der Waals surface area contributed by atoms with E-state index < -0.39 is 5.60 Å². The lowest BCUT2D eigenvalue weighted by atomic mass is 10.0. The van der Waals surface area contributed by atoms with Gasteiger partial charge in [-0.25, -0.2) is 9.37 Å². The van der Waals surface area contributed by atoms with Crippen molar-refractivity contribution in [1.82, 2.24) is 9.88 Å². The van der Waals surface area contributed by atoms with Crippen molar-refractivity contribution in [3.8, 4) is 5.75 Å². The van der Waals surface area contributed by atoms with E-state index in [0.717, 1.165) is 11.3 Å². The summed E-state index contributed by atoms with van der Waals surface area (Å²) in [5.74, 6) is 1.12. The highest BCUT2D eigenvalue weighted by Crippen LogP contribution is 2.26. The maximum absolute atomic E-state index is 13.1. The minimum Gasteiger partial charge on any atom is -0.494 e. The van der Waals surface area contributed by atoms with Gasteiger partial charge in [0, 0.05) is 39.2 Å². The highest BCUT2D eigenvalue weighted by Gasteiger charge is 2.37. The van der Waals surface area contributed by atoms with Crippen LogP contribution in [0.15, 0.2) is 42.6 Å². The predicted octanol–water partition coefficient (Wildman–Crippen LogP) is 2.06. The summed E-state index contributed by atoms with van der Waals surface area (Å²) in [5.41, 5.74) is 0.314. The Kier molecular flexibility index (Phi) is 6.83. The number of rotatable bonds is 9. The molecule has 1 unspecified atom stereocenters. The summed E-state index contributed by atoms with van der Waals surface area (Å²) in [6, 6.07) is 10.9. The summed E-state index contributed by atoms with van der Waals surface area (Å²) in [6.07, 6.45) is 2.47. The Labute approximate surface area is 165 Å². The van der Waals surface area contributed by atoms with E-state index in [4.69, 9.17) is 9.84 Å². The van der Waals surface area contributed by atoms with Crippen molar-refractivity contribution in [3.63, 3.8) is 0 Å². The monoisotopic (exact) mass is 389 g/mol. The van der Waals surface area contributed by atoms with Crippen LogP contribution in [0.3, 0.4) is 0 Å². The topological polar surface area (TPSA) is 69.1 Å². The number of ether oxygens (including phenoxy) is 1. The van der Waals surface area contributed by atoms with Crippen LogP contribution in [-0.4, -0.2) is 65.6 Å². The number of hydrogen-bond donors (Lipinski definition) is 2. The Hall–Kier alpha value is -2.22. The Balaban J connectivity index is 1.50. The van der Waals surface area contributed by atoms with E-state index in [1.165, 1.54) is 12.3 Å². The molecular weight excluding hydrogens is 361 g/mol. The van der Waals surface area contributed by atoms with Gasteiger partial charge in [-0.15, -0.1) is 0 Å². The number of aliphatic hydroxyl groups excluding tert-OH is 1. The van der Waals surface area contributed by atoms with Crippen LogP contribution in [0.4, 0.5) is 10.2 Å². The molecule has 2 heterocycles. The van der Waals surface area contributed by atoms with Crippen LogP contribution in [0.1, 0.15) is 18.4 Å². The van der Waals surface area contributed by atoms with Crippen molar-refractivity contribution in [3.05, 3.63) is 54.0 Å². The fraction of sp³-hybridized carbons (Fsp3) is 0.476. The molecule has 3 rings (SSSR count). The molecule has 0 spiro atoms. The number of anilines is 1. The van der Waals surface area contributed by atoms with E-state index in [0.29, 0.717) is 51.4 Å². The van der Waals surface area contributed by atoms with Crippen LogP contribution >= 0.6 is 0 Å². The van der Waals surface area contributed by atoms with Gasteiger partial charge >= 0.3 is 0 Å². The first-order valence-electron chi connectivity index (χ1n) is 9.57. The molecule has 1 atom stereocenters. The van der Waals surface area contributed by atoms with Crippen LogP contribution in [0.2, 0.25) is 0 Å². The lowest BCUT2D eigenvalue weighted by Gasteiger charge is -2.29. The van der Waals surface area contributed by atoms with Gasteiger partial charge < -0.3 is 19.8 Å². The first-order valence-corrected chi connectivity index (χ1v) is 9.57. The highest BCUT2D eigenvalue weighted by atomic mass is 19.1. The normalized spacial score (nSPS) is 19.4. The third-order valence-electron chi connectivity index (χ3n) is 4.88. The van der Waals surface area contributed by atoms with E-state index in [2.05, 4.69) is 9.88 Å². The number of benzene rings is 1. The van der Waals surface area contributed by atoms with Crippen LogP contribution in [-0.2, 0) is 6.54 Å². The number of hydrogen-bond acceptors (Lipinski definition) is 6. The highest BCUT2D eigenvalue weighted by molar-refractivity contribution is 5.40. The third-order valence-corrected chi connectivity index (χ3v) is 4.88. The standard InChI is InChI=1S/C21H28FN3O3/c1-24(14-17-3-6-19(7-4-17)28-12-2-11-26)15-21(27)9-10-25(16-21)20-8-5-18(22)13-23-20/h3-8,13,26-27H,2,9-12,14-16H2,1H3. The minimum absolute atomic E-state index is 0.125. The largest absolute Gasteiger partial charge is 0.494 e. The van der Waals surface area contributed by atoms with Gasteiger partial charge in [0.2, 0.25) is 0 Å². The molecule has 2 aromatic rings. The second kappa shape index (κ2) is 9.32. The van der Waals surface area contributed by atoms with Crippen molar-refractivity contribution in [1.29, 1.82) is 0 Å². The number of β-amino-alcohol motifs (C(OH)–C–C–N with tert-alkyl or cyclic N) is 1. The molecule has 0 saturated carbocycles. The molecule has 1 aromatic carbocycles. The van der Waals surface area contributed by atoms with Gasteiger partial charge in [0.25, 0.3) is 0 Å². The summed E-state index contributed by atoms with van der Waals surface area (Å²) in [7, 11) is 1.99. The molecule has 152 valence electrons. The van der Waals surface area contributed by atoms with E-state index in [-0.39, 0.29) is 12.4 Å². The number of aliphatic hydroxyl groups is 2. The average Bonchev–Trinajstić information content (AvgIpc) is 3.05. The lowest BCUT2D eigenvalue weighted by molar-refractivity contribution is 0.0279. The van der Waals surface area contributed by atoms with Crippen LogP contribution in [0, 0.1) is 5.82 Å². The Morgan fingerprint density at radius 3 is 2.71 bits per heavy atom. The zero-order valence-electron chi connectivity index (χ0n) is 16.2. The molecule has 0 aliphatic carbocycles. The summed E-state index contributed by atoms with van der Waals surface area (Å²) in [4.78, 5) is 8.20. The zero-order valence-corrected chi connectivity index (χ0v) is 16.2. The first kappa shape index (κ1) is 20.5. The number of nitrogens with zero attached hydrogens (tertiary/aromatic N) is 3. The fourth-order valence-corrected chi connectivity index (χ4v) is 3.55. The van der Waals surface area contributed by atoms with Gasteiger partial charge in [-0.05, 0) is 43.3 Å². The predicted molar refractivity (Wildman–Crippen MR) is 106 cm³/mol. The average molecular weight is 389 g/mol. The van der Waals surface area contributed by atoms with Crippen molar-refractivity contribution < 1.29 is 19.3 Å². The molecule has 28 heavy (non-hydrogen) atoms. The van der Waals surface area contributed by atoms with Gasteiger partial charge in [0.05, 0.1) is 18.4 Å². The number of halogens is 1. The van der Waals surface area contributed by atoms with Gasteiger partial charge in [0.1, 0.15) is 17.4 Å². The summed E-state index contributed by atoms with van der Waals surface area (Å²) in [6.45, 7) is 3.06. The van der Waals surface area contributed by atoms with Crippen molar-refractivity contribution in [2.24, 2.45) is 0 Å². The molecule has 1 aromatic heterocycles. The number of aromatic nitrogens is 1. The lowest BCUT2D eigenvalue weighted by Crippen LogP contribution is -2.43. The maximum atomic E-state index is 13.1. The van der Waals surface area contributed by atoms with Gasteiger partial charge in [0.15, 0.2) is 0 Å². The molecule has 1 aliphatic heterocycles. The van der Waals surface area contributed by atoms with Gasteiger partial charge in [-0.3, -0.25) is 4.90 Å². The molecule has 0 radical (unpaired) electrons. The van der Waals surface area contributed by atoms with Crippen molar-refractivity contribution in [2.45, 2.75) is 25.0 Å². The van der Waals surface area contributed by atoms with E-state index in [1.807, 2.05) is 36.2 Å². The van der Waals surface area contributed by atoms with Crippen molar-refractivity contribution >= 4 is 5.82 Å². The van der Waals surface area contributed by atoms with E-state index in [9.17, 15) is 9.50 Å². The van der Waals surface area contributed by atoms with Crippen LogP contribution in [0.25, 0.3) is 0 Å². The minimum atomic E-state index is -0.821. The third kappa shape index (κ3) is 5.64. The Morgan fingerprint density at radius 1 is 1.25 bits per heavy atom. The number of likely N-dealkylation sites (N-methyl/N-ethyl adjacent to an activating group) is 1. The van der Waals surface area contributed by atoms with Gasteiger partial charge in [-0.2, -0.15) is 0 Å². The SMILES string of the molecule is CN(Cc1ccc(OCCCO)cc1)CC1(O)CCN(c2ccc(F)cn2)C1. The fourth-order valence-electron chi connectivity index (χ4n) is 3.55. The molecule has 6 nitrogen and oxygen atoms in total. The maximum Gasteiger partial charge on any atom is 0.141 e. The molecule has 2 N–H and O–H groups in total. The van der Waals surface area contributed by atoms with Gasteiger partial charge in [-0.1, -0.05) is 12.1 Å². The quantitative estimate of drug-likeness (QED) is 0.640. The van der Waals surface area contributed by atoms with Crippen LogP contribution in [0.5, 0.6) is 5.75 Å². The summed E-state index contributed by atoms with van der Waals surface area (Å²) < 4.78 is 18.6. The molecular formula is C21H28FN3O3. The molecule has 7 heteroatoms. The van der Waals surface area contributed by atoms with Crippen LogP contribution < -0.4 is 9.64 Å². The summed E-state index contributed by atoms with van der Waals surface area (Å²) in [5, 5.41) is 19.8. The Bertz CT molecular complexity index is 742. The summed E-state index contributed by atoms with van der Waals surface area (Å²) >= 11 is 0. The van der Waals surface area contributed by atoms with Crippen molar-refractivity contribution in [2.75, 3.05) is 44.8 Å². The molecule has 0 amide bonds. The molecule has 0 bridgehead atoms. The second-order valence-electron chi connectivity index (χ2n) is 7.47. The zero-order chi connectivity index (χ0) is 20.0. The molecule has 1 aliphatic rings. The smallest absolute Gasteiger partial charge is 0.141 e. The van der Waals surface area contributed by atoms with E-state index in [1.54, 1.807) is 6.07 Å². The number of pyridine rings is 1. The Morgan fingerprint density at radius 2 is 2.04 bits per heavy atom. The van der Waals surface area contributed by atoms with E-state index >= 15 is 0 Å². The first-order chi connectivity index (χ1) is 13.5. The second-order valence-corrected chi connectivity index (χ2v) is 7.47. The molecule has 1 saturated heterocycles. The molecule has 1 fully saturated rings.